The lowest BCUT2D eigenvalue weighted by molar-refractivity contribution is -0.242. The monoisotopic (exact) mass is 414 g/mol. The lowest BCUT2D eigenvalue weighted by Gasteiger charge is -2.36. The van der Waals surface area contributed by atoms with Gasteiger partial charge in [0, 0.05) is 6.42 Å². The van der Waals surface area contributed by atoms with E-state index >= 15 is 0 Å². The molecule has 0 aliphatic carbocycles. The van der Waals surface area contributed by atoms with Crippen LogP contribution >= 0.6 is 0 Å². The highest BCUT2D eigenvalue weighted by molar-refractivity contribution is 5.69. The van der Waals surface area contributed by atoms with E-state index in [1.807, 2.05) is 27.7 Å². The fourth-order valence-electron chi connectivity index (χ4n) is 4.30. The number of unbranched alkanes of at least 4 members (excludes halogenated alkanes) is 6. The van der Waals surface area contributed by atoms with Gasteiger partial charge in [0.05, 0.1) is 0 Å². The zero-order valence-corrected chi connectivity index (χ0v) is 18.6. The SMILES string of the molecule is CCCCCCCCCC(=O)OCC1OC2OC(C)(C)OC2C2OC(C)(C)OC12. The standard InChI is InChI=1S/C22H38O7/c1-6-7-8-9-10-11-12-13-16(23)24-14-15-17-18(27-21(2,3)26-17)19-20(25-15)29-22(4,5)28-19/h15,17-20H,6-14H2,1-5H3. The van der Waals surface area contributed by atoms with E-state index in [4.69, 9.17) is 28.4 Å². The molecule has 3 saturated heterocycles. The Morgan fingerprint density at radius 1 is 0.793 bits per heavy atom. The molecule has 5 unspecified atom stereocenters. The van der Waals surface area contributed by atoms with Crippen molar-refractivity contribution in [2.24, 2.45) is 0 Å². The summed E-state index contributed by atoms with van der Waals surface area (Å²) >= 11 is 0. The summed E-state index contributed by atoms with van der Waals surface area (Å²) in [4.78, 5) is 12.2. The predicted octanol–water partition coefficient (Wildman–Crippen LogP) is 4.07. The van der Waals surface area contributed by atoms with Gasteiger partial charge in [-0.15, -0.1) is 0 Å². The van der Waals surface area contributed by atoms with Gasteiger partial charge >= 0.3 is 5.97 Å². The molecule has 3 heterocycles. The number of fused-ring (bicyclic) bond motifs is 3. The molecule has 3 aliphatic rings. The summed E-state index contributed by atoms with van der Waals surface area (Å²) in [6.07, 6.45) is 6.57. The van der Waals surface area contributed by atoms with Crippen molar-refractivity contribution in [3.8, 4) is 0 Å². The van der Waals surface area contributed by atoms with Gasteiger partial charge in [-0.1, -0.05) is 45.4 Å². The van der Waals surface area contributed by atoms with E-state index in [9.17, 15) is 4.79 Å². The quantitative estimate of drug-likeness (QED) is 0.394. The molecule has 7 nitrogen and oxygen atoms in total. The molecule has 29 heavy (non-hydrogen) atoms. The Balaban J connectivity index is 1.44. The van der Waals surface area contributed by atoms with Crippen LogP contribution in [-0.2, 0) is 33.2 Å². The number of esters is 1. The molecule has 3 fully saturated rings. The highest BCUT2D eigenvalue weighted by Gasteiger charge is 2.60. The molecular formula is C22H38O7. The Morgan fingerprint density at radius 3 is 2.10 bits per heavy atom. The highest BCUT2D eigenvalue weighted by atomic mass is 16.9. The molecule has 168 valence electrons. The summed E-state index contributed by atoms with van der Waals surface area (Å²) in [5, 5.41) is 0. The van der Waals surface area contributed by atoms with E-state index < -0.39 is 24.0 Å². The van der Waals surface area contributed by atoms with Crippen LogP contribution in [-0.4, -0.2) is 54.9 Å². The molecule has 0 saturated carbocycles. The number of rotatable bonds is 10. The Hall–Kier alpha value is -0.730. The van der Waals surface area contributed by atoms with E-state index in [1.165, 1.54) is 32.1 Å². The van der Waals surface area contributed by atoms with Crippen molar-refractivity contribution < 1.29 is 33.2 Å². The lowest BCUT2D eigenvalue weighted by atomic mass is 9.99. The minimum atomic E-state index is -0.751. The van der Waals surface area contributed by atoms with E-state index in [0.717, 1.165) is 12.8 Å². The second-order valence-corrected chi connectivity index (χ2v) is 9.26. The van der Waals surface area contributed by atoms with Crippen LogP contribution in [0.2, 0.25) is 0 Å². The minimum absolute atomic E-state index is 0.128. The van der Waals surface area contributed by atoms with Crippen LogP contribution in [0.15, 0.2) is 0 Å². The number of ether oxygens (including phenoxy) is 6. The van der Waals surface area contributed by atoms with Crippen molar-refractivity contribution in [1.82, 2.24) is 0 Å². The fourth-order valence-corrected chi connectivity index (χ4v) is 4.30. The summed E-state index contributed by atoms with van der Waals surface area (Å²) in [6.45, 7) is 9.77. The van der Waals surface area contributed by atoms with Crippen molar-refractivity contribution in [3.63, 3.8) is 0 Å². The van der Waals surface area contributed by atoms with E-state index in [-0.39, 0.29) is 30.9 Å². The van der Waals surface area contributed by atoms with Crippen molar-refractivity contribution in [2.45, 2.75) is 128 Å². The fraction of sp³-hybridized carbons (Fsp3) is 0.955. The van der Waals surface area contributed by atoms with Crippen LogP contribution < -0.4 is 0 Å². The summed E-state index contributed by atoms with van der Waals surface area (Å²) < 4.78 is 35.5. The first-order valence-corrected chi connectivity index (χ1v) is 11.2. The van der Waals surface area contributed by atoms with Gasteiger partial charge in [-0.2, -0.15) is 0 Å². The molecule has 7 heteroatoms. The van der Waals surface area contributed by atoms with Crippen molar-refractivity contribution in [2.75, 3.05) is 6.61 Å². The average Bonchev–Trinajstić information content (AvgIpc) is 3.13. The molecule has 0 amide bonds. The molecule has 3 rings (SSSR count). The van der Waals surface area contributed by atoms with Crippen LogP contribution in [0.5, 0.6) is 0 Å². The number of hydrogen-bond donors (Lipinski definition) is 0. The minimum Gasteiger partial charge on any atom is -0.463 e. The molecule has 0 spiro atoms. The van der Waals surface area contributed by atoms with Crippen LogP contribution in [0.25, 0.3) is 0 Å². The Morgan fingerprint density at radius 2 is 1.38 bits per heavy atom. The normalized spacial score (nSPS) is 34.6. The summed E-state index contributed by atoms with van der Waals surface area (Å²) in [5.74, 6) is -1.69. The van der Waals surface area contributed by atoms with Gasteiger partial charge in [0.2, 0.25) is 0 Å². The third-order valence-electron chi connectivity index (χ3n) is 5.64. The van der Waals surface area contributed by atoms with Crippen molar-refractivity contribution in [3.05, 3.63) is 0 Å². The van der Waals surface area contributed by atoms with E-state index in [1.54, 1.807) is 0 Å². The first-order chi connectivity index (χ1) is 13.7. The van der Waals surface area contributed by atoms with Gasteiger partial charge in [0.25, 0.3) is 0 Å². The van der Waals surface area contributed by atoms with Crippen molar-refractivity contribution in [1.29, 1.82) is 0 Å². The Bertz CT molecular complexity index is 547. The van der Waals surface area contributed by atoms with Crippen LogP contribution in [0.4, 0.5) is 0 Å². The van der Waals surface area contributed by atoms with E-state index in [2.05, 4.69) is 6.92 Å². The number of carbonyl (C=O) groups excluding carboxylic acids is 1. The Kier molecular flexibility index (Phi) is 7.60. The summed E-state index contributed by atoms with van der Waals surface area (Å²) in [7, 11) is 0. The molecule has 0 bridgehead atoms. The number of carbonyl (C=O) groups is 1. The van der Waals surface area contributed by atoms with Gasteiger partial charge in [-0.25, -0.2) is 0 Å². The van der Waals surface area contributed by atoms with Crippen LogP contribution in [0, 0.1) is 0 Å². The van der Waals surface area contributed by atoms with Gasteiger partial charge in [0.15, 0.2) is 17.9 Å². The average molecular weight is 415 g/mol. The molecule has 3 aliphatic heterocycles. The van der Waals surface area contributed by atoms with Crippen LogP contribution in [0.1, 0.15) is 86.0 Å². The third kappa shape index (κ3) is 6.14. The van der Waals surface area contributed by atoms with Crippen molar-refractivity contribution >= 4 is 5.97 Å². The molecule has 0 radical (unpaired) electrons. The van der Waals surface area contributed by atoms with Crippen LogP contribution in [0.3, 0.4) is 0 Å². The Labute approximate surface area is 174 Å². The second kappa shape index (κ2) is 9.60. The third-order valence-corrected chi connectivity index (χ3v) is 5.64. The zero-order chi connectivity index (χ0) is 21.1. The molecule has 0 aromatic carbocycles. The second-order valence-electron chi connectivity index (χ2n) is 9.26. The van der Waals surface area contributed by atoms with Gasteiger partial charge in [-0.3, -0.25) is 4.79 Å². The smallest absolute Gasteiger partial charge is 0.305 e. The first-order valence-electron chi connectivity index (χ1n) is 11.2. The largest absolute Gasteiger partial charge is 0.463 e. The topological polar surface area (TPSA) is 72.5 Å². The molecule has 0 aromatic heterocycles. The molecule has 0 aromatic rings. The number of hydrogen-bond acceptors (Lipinski definition) is 7. The molecular weight excluding hydrogens is 376 g/mol. The van der Waals surface area contributed by atoms with Gasteiger partial charge < -0.3 is 28.4 Å². The maximum atomic E-state index is 12.2. The molecule has 5 atom stereocenters. The zero-order valence-electron chi connectivity index (χ0n) is 18.6. The van der Waals surface area contributed by atoms with Gasteiger partial charge in [-0.05, 0) is 34.1 Å². The maximum absolute atomic E-state index is 12.2. The van der Waals surface area contributed by atoms with Gasteiger partial charge in [0.1, 0.15) is 31.0 Å². The maximum Gasteiger partial charge on any atom is 0.305 e. The molecule has 0 N–H and O–H groups in total. The summed E-state index contributed by atoms with van der Waals surface area (Å²) in [6, 6.07) is 0. The highest BCUT2D eigenvalue weighted by Crippen LogP contribution is 2.44. The first kappa shape index (κ1) is 22.9. The lowest BCUT2D eigenvalue weighted by Crippen LogP contribution is -2.56. The predicted molar refractivity (Wildman–Crippen MR) is 106 cm³/mol. The van der Waals surface area contributed by atoms with E-state index in [0.29, 0.717) is 6.42 Å². The summed E-state index contributed by atoms with van der Waals surface area (Å²) in [5.41, 5.74) is 0.